The third-order valence-corrected chi connectivity index (χ3v) is 11.6. The van der Waals surface area contributed by atoms with Gasteiger partial charge in [0.05, 0.1) is 13.2 Å². The molecule has 53 heavy (non-hydrogen) atoms. The summed E-state index contributed by atoms with van der Waals surface area (Å²) in [5.41, 5.74) is 0. The van der Waals surface area contributed by atoms with Crippen LogP contribution < -0.4 is 0 Å². The average Bonchev–Trinajstić information content (AvgIpc) is 3.17. The molecule has 0 fully saturated rings. The minimum Gasteiger partial charge on any atom is -0.465 e. The molecule has 0 saturated heterocycles. The van der Waals surface area contributed by atoms with Crippen molar-refractivity contribution in [3.8, 4) is 0 Å². The van der Waals surface area contributed by atoms with Crippen LogP contribution >= 0.6 is 0 Å². The van der Waals surface area contributed by atoms with Crippen LogP contribution in [0.5, 0.6) is 0 Å². The van der Waals surface area contributed by atoms with Gasteiger partial charge in [0.15, 0.2) is 0 Å². The normalized spacial score (nSPS) is 13.3. The first-order chi connectivity index (χ1) is 25.9. The smallest absolute Gasteiger partial charge is 0.305 e. The fourth-order valence-electron chi connectivity index (χ4n) is 7.61. The Morgan fingerprint density at radius 1 is 0.453 bits per heavy atom. The molecule has 0 spiro atoms. The lowest BCUT2D eigenvalue weighted by Crippen LogP contribution is -2.37. The Kier molecular flexibility index (Phi) is 39.6. The highest BCUT2D eigenvalue weighted by molar-refractivity contribution is 5.69. The van der Waals surface area contributed by atoms with Crippen molar-refractivity contribution in [2.24, 2.45) is 11.8 Å². The van der Waals surface area contributed by atoms with Gasteiger partial charge in [-0.25, -0.2) is 0 Å². The summed E-state index contributed by atoms with van der Waals surface area (Å²) in [5, 5.41) is 9.70. The van der Waals surface area contributed by atoms with Crippen molar-refractivity contribution in [1.29, 1.82) is 0 Å². The van der Waals surface area contributed by atoms with E-state index in [-0.39, 0.29) is 18.5 Å². The molecule has 0 amide bonds. The molecule has 2 atom stereocenters. The molecule has 2 unspecified atom stereocenters. The fourth-order valence-corrected chi connectivity index (χ4v) is 7.61. The van der Waals surface area contributed by atoms with E-state index in [0.717, 1.165) is 51.5 Å². The standard InChI is InChI=1S/C47H93NO5/c1-6-11-14-15-20-25-30-38-48(39-31-40-49)45(34-26-21-16-18-23-28-36-46(50)52-41-43(9-4)32-12-7-2)35-27-22-17-19-24-29-37-47(51)53-42-44(10-5)33-13-8-3/h43-45,49H,6-42H2,1-5H3. The summed E-state index contributed by atoms with van der Waals surface area (Å²) in [6.45, 7) is 14.8. The van der Waals surface area contributed by atoms with Crippen LogP contribution in [0.15, 0.2) is 0 Å². The summed E-state index contributed by atoms with van der Waals surface area (Å²) in [4.78, 5) is 27.2. The number of esters is 2. The van der Waals surface area contributed by atoms with Crippen LogP contribution in [0.3, 0.4) is 0 Å². The highest BCUT2D eigenvalue weighted by atomic mass is 16.5. The van der Waals surface area contributed by atoms with Crippen LogP contribution in [0.2, 0.25) is 0 Å². The van der Waals surface area contributed by atoms with Crippen molar-refractivity contribution in [1.82, 2.24) is 4.90 Å². The molecule has 0 aliphatic carbocycles. The van der Waals surface area contributed by atoms with Gasteiger partial charge in [-0.15, -0.1) is 0 Å². The van der Waals surface area contributed by atoms with E-state index in [4.69, 9.17) is 9.47 Å². The second kappa shape index (κ2) is 40.5. The topological polar surface area (TPSA) is 76.1 Å². The van der Waals surface area contributed by atoms with Crippen molar-refractivity contribution in [3.63, 3.8) is 0 Å². The summed E-state index contributed by atoms with van der Waals surface area (Å²) >= 11 is 0. The molecular weight excluding hydrogens is 659 g/mol. The molecule has 0 saturated carbocycles. The van der Waals surface area contributed by atoms with Crippen LogP contribution in [-0.2, 0) is 19.1 Å². The molecular formula is C47H93NO5. The molecule has 0 rings (SSSR count). The number of carbonyl (C=O) groups is 2. The number of aliphatic hydroxyl groups excluding tert-OH is 1. The summed E-state index contributed by atoms with van der Waals surface area (Å²) < 4.78 is 11.2. The van der Waals surface area contributed by atoms with Crippen LogP contribution in [-0.4, -0.2) is 60.9 Å². The first-order valence-electron chi connectivity index (χ1n) is 23.6. The van der Waals surface area contributed by atoms with Gasteiger partial charge in [0.25, 0.3) is 0 Å². The van der Waals surface area contributed by atoms with Crippen LogP contribution in [0, 0.1) is 11.8 Å². The van der Waals surface area contributed by atoms with E-state index >= 15 is 0 Å². The summed E-state index contributed by atoms with van der Waals surface area (Å²) in [7, 11) is 0. The maximum absolute atomic E-state index is 12.3. The summed E-state index contributed by atoms with van der Waals surface area (Å²) in [5.74, 6) is 1.02. The Morgan fingerprint density at radius 2 is 0.830 bits per heavy atom. The van der Waals surface area contributed by atoms with Crippen molar-refractivity contribution in [2.45, 2.75) is 246 Å². The van der Waals surface area contributed by atoms with Gasteiger partial charge in [-0.3, -0.25) is 9.59 Å². The van der Waals surface area contributed by atoms with E-state index in [9.17, 15) is 14.7 Å². The largest absolute Gasteiger partial charge is 0.465 e. The number of hydrogen-bond acceptors (Lipinski definition) is 6. The Hall–Kier alpha value is -1.14. The minimum absolute atomic E-state index is 0.00925. The van der Waals surface area contributed by atoms with Crippen LogP contribution in [0.1, 0.15) is 240 Å². The van der Waals surface area contributed by atoms with E-state index in [0.29, 0.717) is 43.9 Å². The number of hydrogen-bond donors (Lipinski definition) is 1. The van der Waals surface area contributed by atoms with Gasteiger partial charge in [0.2, 0.25) is 0 Å². The lowest BCUT2D eigenvalue weighted by atomic mass is 9.97. The Morgan fingerprint density at radius 3 is 1.25 bits per heavy atom. The monoisotopic (exact) mass is 752 g/mol. The number of nitrogens with zero attached hydrogens (tertiary/aromatic N) is 1. The average molecular weight is 752 g/mol. The molecule has 1 N–H and O–H groups in total. The lowest BCUT2D eigenvalue weighted by molar-refractivity contribution is -0.146. The molecule has 0 radical (unpaired) electrons. The molecule has 0 aromatic carbocycles. The Balaban J connectivity index is 4.58. The number of unbranched alkanes of at least 4 members (excludes halogenated alkanes) is 18. The zero-order valence-electron chi connectivity index (χ0n) is 36.4. The highest BCUT2D eigenvalue weighted by Crippen LogP contribution is 2.21. The molecule has 0 bridgehead atoms. The molecule has 6 nitrogen and oxygen atoms in total. The molecule has 0 aliphatic rings. The second-order valence-corrected chi connectivity index (χ2v) is 16.4. The van der Waals surface area contributed by atoms with Crippen molar-refractivity contribution in [2.75, 3.05) is 32.9 Å². The van der Waals surface area contributed by atoms with E-state index in [1.165, 1.54) is 154 Å². The van der Waals surface area contributed by atoms with Gasteiger partial charge in [-0.05, 0) is 69.7 Å². The van der Waals surface area contributed by atoms with Crippen LogP contribution in [0.4, 0.5) is 0 Å². The molecule has 0 aromatic heterocycles. The van der Waals surface area contributed by atoms with E-state index in [1.807, 2.05) is 0 Å². The third kappa shape index (κ3) is 33.9. The van der Waals surface area contributed by atoms with Gasteiger partial charge >= 0.3 is 11.9 Å². The minimum atomic E-state index is -0.00925. The van der Waals surface area contributed by atoms with E-state index in [1.54, 1.807) is 0 Å². The van der Waals surface area contributed by atoms with Gasteiger partial charge in [-0.2, -0.15) is 0 Å². The molecule has 0 aliphatic heterocycles. The maximum atomic E-state index is 12.3. The third-order valence-electron chi connectivity index (χ3n) is 11.6. The van der Waals surface area contributed by atoms with Gasteiger partial charge in [-0.1, -0.05) is 176 Å². The van der Waals surface area contributed by atoms with E-state index in [2.05, 4.69) is 39.5 Å². The summed E-state index contributed by atoms with van der Waals surface area (Å²) in [6.07, 6.45) is 37.3. The summed E-state index contributed by atoms with van der Waals surface area (Å²) in [6, 6.07) is 0.611. The zero-order chi connectivity index (χ0) is 39.0. The van der Waals surface area contributed by atoms with Gasteiger partial charge < -0.3 is 19.5 Å². The first-order valence-corrected chi connectivity index (χ1v) is 23.6. The van der Waals surface area contributed by atoms with Crippen molar-refractivity contribution < 1.29 is 24.2 Å². The Labute approximate surface area is 331 Å². The van der Waals surface area contributed by atoms with Crippen molar-refractivity contribution in [3.05, 3.63) is 0 Å². The van der Waals surface area contributed by atoms with Crippen LogP contribution in [0.25, 0.3) is 0 Å². The lowest BCUT2D eigenvalue weighted by Gasteiger charge is -2.32. The number of aliphatic hydroxyl groups is 1. The first kappa shape index (κ1) is 51.9. The van der Waals surface area contributed by atoms with E-state index < -0.39 is 0 Å². The molecule has 0 heterocycles. The van der Waals surface area contributed by atoms with Gasteiger partial charge in [0.1, 0.15) is 0 Å². The Bertz CT molecular complexity index is 728. The zero-order valence-corrected chi connectivity index (χ0v) is 36.4. The quantitative estimate of drug-likeness (QED) is 0.0494. The maximum Gasteiger partial charge on any atom is 0.305 e. The molecule has 0 aromatic rings. The van der Waals surface area contributed by atoms with Gasteiger partial charge in [0, 0.05) is 32.0 Å². The SMILES string of the molecule is CCCCCCCCCN(CCCO)C(CCCCCCCCC(=O)OCC(CC)CCCC)CCCCCCCCC(=O)OCC(CC)CCCC. The van der Waals surface area contributed by atoms with Crippen molar-refractivity contribution >= 4 is 11.9 Å². The highest BCUT2D eigenvalue weighted by Gasteiger charge is 2.18. The number of ether oxygens (including phenoxy) is 2. The fraction of sp³-hybridized carbons (Fsp3) is 0.957. The second-order valence-electron chi connectivity index (χ2n) is 16.4. The number of carbonyl (C=O) groups excluding carboxylic acids is 2. The predicted octanol–water partition coefficient (Wildman–Crippen LogP) is 13.6. The molecule has 6 heteroatoms. The number of rotatable bonds is 42. The predicted molar refractivity (Wildman–Crippen MR) is 227 cm³/mol. The molecule has 316 valence electrons.